The number of carbonyl (C=O) groups excluding carboxylic acids is 1. The summed E-state index contributed by atoms with van der Waals surface area (Å²) in [7, 11) is 0. The van der Waals surface area contributed by atoms with Crippen LogP contribution in [0.3, 0.4) is 0 Å². The molecule has 0 radical (unpaired) electrons. The maximum atomic E-state index is 12.8. The Morgan fingerprint density at radius 1 is 1.27 bits per heavy atom. The molecule has 2 heterocycles. The molecule has 5 nitrogen and oxygen atoms in total. The number of anilines is 1. The molecule has 1 unspecified atom stereocenters. The minimum atomic E-state index is -0.375. The summed E-state index contributed by atoms with van der Waals surface area (Å²) in [5, 5.41) is 11.6. The summed E-state index contributed by atoms with van der Waals surface area (Å²) in [5.41, 5.74) is 4.76. The van der Waals surface area contributed by atoms with E-state index in [9.17, 15) is 4.79 Å². The molecule has 1 atom stereocenters. The Hall–Kier alpha value is -2.69. The SMILES string of the molecule is CC(C(=O)c1ccc2c(c1)CCN2)n1nnc2ccccc21. The van der Waals surface area contributed by atoms with Crippen molar-refractivity contribution in [3.63, 3.8) is 0 Å². The molecule has 0 fully saturated rings. The van der Waals surface area contributed by atoms with E-state index in [1.807, 2.05) is 49.4 Å². The molecule has 1 aliphatic rings. The van der Waals surface area contributed by atoms with E-state index in [1.165, 1.54) is 5.56 Å². The van der Waals surface area contributed by atoms with Crippen LogP contribution in [0.2, 0.25) is 0 Å². The second-order valence-corrected chi connectivity index (χ2v) is 5.61. The number of rotatable bonds is 3. The van der Waals surface area contributed by atoms with E-state index >= 15 is 0 Å². The molecule has 1 aromatic heterocycles. The number of ketones is 1. The van der Waals surface area contributed by atoms with Gasteiger partial charge in [0.15, 0.2) is 5.78 Å². The zero-order chi connectivity index (χ0) is 15.1. The zero-order valence-corrected chi connectivity index (χ0v) is 12.3. The van der Waals surface area contributed by atoms with Crippen molar-refractivity contribution < 1.29 is 4.79 Å². The summed E-state index contributed by atoms with van der Waals surface area (Å²) in [6, 6.07) is 13.2. The number of benzene rings is 2. The molecule has 3 aromatic rings. The highest BCUT2D eigenvalue weighted by Gasteiger charge is 2.21. The lowest BCUT2D eigenvalue weighted by Gasteiger charge is -2.12. The predicted octanol–water partition coefficient (Wildman–Crippen LogP) is 2.84. The van der Waals surface area contributed by atoms with Crippen molar-refractivity contribution in [3.05, 3.63) is 53.6 Å². The number of fused-ring (bicyclic) bond motifs is 2. The van der Waals surface area contributed by atoms with Gasteiger partial charge >= 0.3 is 0 Å². The van der Waals surface area contributed by atoms with Crippen LogP contribution in [0.1, 0.15) is 28.9 Å². The Kier molecular flexibility index (Phi) is 2.92. The summed E-state index contributed by atoms with van der Waals surface area (Å²) in [5.74, 6) is 0.0605. The summed E-state index contributed by atoms with van der Waals surface area (Å²) in [6.45, 7) is 2.81. The van der Waals surface area contributed by atoms with Gasteiger partial charge in [-0.3, -0.25) is 4.79 Å². The lowest BCUT2D eigenvalue weighted by molar-refractivity contribution is 0.0929. The molecule has 5 heteroatoms. The van der Waals surface area contributed by atoms with Gasteiger partial charge < -0.3 is 5.32 Å². The topological polar surface area (TPSA) is 59.8 Å². The Balaban J connectivity index is 1.70. The molecule has 4 rings (SSSR count). The van der Waals surface area contributed by atoms with E-state index in [1.54, 1.807) is 4.68 Å². The minimum absolute atomic E-state index is 0.0605. The third-order valence-corrected chi connectivity index (χ3v) is 4.22. The first-order valence-corrected chi connectivity index (χ1v) is 7.45. The molecule has 0 amide bonds. The molecule has 1 aliphatic heterocycles. The van der Waals surface area contributed by atoms with Gasteiger partial charge in [-0.25, -0.2) is 4.68 Å². The average Bonchev–Trinajstić information content (AvgIpc) is 3.19. The fourth-order valence-corrected chi connectivity index (χ4v) is 2.98. The van der Waals surface area contributed by atoms with Gasteiger partial charge in [0.1, 0.15) is 11.6 Å². The van der Waals surface area contributed by atoms with E-state index in [4.69, 9.17) is 0 Å². The summed E-state index contributed by atoms with van der Waals surface area (Å²) in [6.07, 6.45) is 0.969. The fraction of sp³-hybridized carbons (Fsp3) is 0.235. The molecule has 0 spiro atoms. The van der Waals surface area contributed by atoms with Gasteiger partial charge in [-0.05, 0) is 49.2 Å². The molecular weight excluding hydrogens is 276 g/mol. The maximum Gasteiger partial charge on any atom is 0.187 e. The zero-order valence-electron chi connectivity index (χ0n) is 12.3. The average molecular weight is 292 g/mol. The largest absolute Gasteiger partial charge is 0.384 e. The van der Waals surface area contributed by atoms with Crippen molar-refractivity contribution in [2.75, 3.05) is 11.9 Å². The van der Waals surface area contributed by atoms with E-state index in [0.717, 1.165) is 35.2 Å². The Bertz CT molecular complexity index is 868. The molecule has 2 aromatic carbocycles. The predicted molar refractivity (Wildman–Crippen MR) is 85.2 cm³/mol. The molecule has 110 valence electrons. The van der Waals surface area contributed by atoms with Gasteiger partial charge in [-0.1, -0.05) is 17.3 Å². The minimum Gasteiger partial charge on any atom is -0.384 e. The van der Waals surface area contributed by atoms with Gasteiger partial charge in [0.25, 0.3) is 0 Å². The monoisotopic (exact) mass is 292 g/mol. The van der Waals surface area contributed by atoms with Crippen molar-refractivity contribution in [1.82, 2.24) is 15.0 Å². The summed E-state index contributed by atoms with van der Waals surface area (Å²) < 4.78 is 1.70. The number of hydrogen-bond donors (Lipinski definition) is 1. The first-order valence-electron chi connectivity index (χ1n) is 7.45. The molecule has 0 saturated carbocycles. The Labute approximate surface area is 127 Å². The summed E-state index contributed by atoms with van der Waals surface area (Å²) >= 11 is 0. The lowest BCUT2D eigenvalue weighted by atomic mass is 10.0. The third kappa shape index (κ3) is 1.97. The van der Waals surface area contributed by atoms with Crippen LogP contribution in [0.15, 0.2) is 42.5 Å². The van der Waals surface area contributed by atoms with Crippen molar-refractivity contribution >= 4 is 22.5 Å². The second kappa shape index (κ2) is 4.94. The van der Waals surface area contributed by atoms with Crippen LogP contribution in [-0.4, -0.2) is 27.3 Å². The number of nitrogens with one attached hydrogen (secondary N) is 1. The first-order chi connectivity index (χ1) is 10.7. The number of Topliss-reactive ketones (excluding diaryl/α,β-unsaturated/α-hetero) is 1. The number of hydrogen-bond acceptors (Lipinski definition) is 4. The van der Waals surface area contributed by atoms with E-state index in [2.05, 4.69) is 15.6 Å². The second-order valence-electron chi connectivity index (χ2n) is 5.61. The van der Waals surface area contributed by atoms with Crippen LogP contribution < -0.4 is 5.32 Å². The van der Waals surface area contributed by atoms with Crippen molar-refractivity contribution in [2.45, 2.75) is 19.4 Å². The smallest absolute Gasteiger partial charge is 0.187 e. The van der Waals surface area contributed by atoms with Crippen LogP contribution in [0.5, 0.6) is 0 Å². The van der Waals surface area contributed by atoms with Gasteiger partial charge in [0, 0.05) is 17.8 Å². The van der Waals surface area contributed by atoms with Crippen LogP contribution in [0.4, 0.5) is 5.69 Å². The van der Waals surface area contributed by atoms with E-state index in [-0.39, 0.29) is 11.8 Å². The van der Waals surface area contributed by atoms with Crippen molar-refractivity contribution in [3.8, 4) is 0 Å². The fourth-order valence-electron chi connectivity index (χ4n) is 2.98. The Morgan fingerprint density at radius 2 is 2.14 bits per heavy atom. The number of para-hydroxylation sites is 1. The third-order valence-electron chi connectivity index (χ3n) is 4.22. The quantitative estimate of drug-likeness (QED) is 0.754. The molecule has 0 aliphatic carbocycles. The normalized spacial score (nSPS) is 14.6. The Morgan fingerprint density at radius 3 is 3.05 bits per heavy atom. The van der Waals surface area contributed by atoms with Crippen molar-refractivity contribution in [2.24, 2.45) is 0 Å². The van der Waals surface area contributed by atoms with E-state index in [0.29, 0.717) is 0 Å². The van der Waals surface area contributed by atoms with Crippen LogP contribution in [0.25, 0.3) is 11.0 Å². The lowest BCUT2D eigenvalue weighted by Crippen LogP contribution is -2.18. The number of nitrogens with zero attached hydrogens (tertiary/aromatic N) is 3. The molecule has 22 heavy (non-hydrogen) atoms. The highest BCUT2D eigenvalue weighted by atomic mass is 16.1. The van der Waals surface area contributed by atoms with Gasteiger partial charge in [0.2, 0.25) is 0 Å². The van der Waals surface area contributed by atoms with Gasteiger partial charge in [0.05, 0.1) is 5.52 Å². The van der Waals surface area contributed by atoms with E-state index < -0.39 is 0 Å². The standard InChI is InChI=1S/C17H16N4O/c1-11(21-16-5-3-2-4-15(16)19-20-21)17(22)13-6-7-14-12(10-13)8-9-18-14/h2-7,10-11,18H,8-9H2,1H3. The van der Waals surface area contributed by atoms with Crippen LogP contribution >= 0.6 is 0 Å². The molecule has 0 bridgehead atoms. The van der Waals surface area contributed by atoms with Gasteiger partial charge in [-0.2, -0.15) is 0 Å². The molecule has 0 saturated heterocycles. The highest BCUT2D eigenvalue weighted by molar-refractivity contribution is 6.00. The summed E-state index contributed by atoms with van der Waals surface area (Å²) in [4.78, 5) is 12.8. The van der Waals surface area contributed by atoms with Crippen LogP contribution in [-0.2, 0) is 6.42 Å². The number of carbonyl (C=O) groups is 1. The molecule has 1 N–H and O–H groups in total. The maximum absolute atomic E-state index is 12.8. The van der Waals surface area contributed by atoms with Crippen LogP contribution in [0, 0.1) is 0 Å². The van der Waals surface area contributed by atoms with Gasteiger partial charge in [-0.15, -0.1) is 5.10 Å². The van der Waals surface area contributed by atoms with Crippen molar-refractivity contribution in [1.29, 1.82) is 0 Å². The first kappa shape index (κ1) is 13.0. The molecular formula is C17H16N4O. The highest BCUT2D eigenvalue weighted by Crippen LogP contribution is 2.25. The number of aromatic nitrogens is 3.